The zero-order valence-corrected chi connectivity index (χ0v) is 9.87. The van der Waals surface area contributed by atoms with Crippen LogP contribution in [0.3, 0.4) is 0 Å². The SMILES string of the molecule is CCNCc1cn(Cc2ccc([N+](=O)[O-])o2)nn1. The van der Waals surface area contributed by atoms with Crippen LogP contribution in [-0.4, -0.2) is 26.5 Å². The van der Waals surface area contributed by atoms with Gasteiger partial charge in [0, 0.05) is 6.54 Å². The topological polar surface area (TPSA) is 99.0 Å². The van der Waals surface area contributed by atoms with Crippen molar-refractivity contribution in [2.24, 2.45) is 0 Å². The van der Waals surface area contributed by atoms with Gasteiger partial charge in [-0.05, 0) is 12.6 Å². The average Bonchev–Trinajstić information content (AvgIpc) is 2.96. The van der Waals surface area contributed by atoms with Crippen molar-refractivity contribution in [2.45, 2.75) is 20.0 Å². The number of aromatic nitrogens is 3. The number of nitro groups is 1. The predicted octanol–water partition coefficient (Wildman–Crippen LogP) is 0.937. The van der Waals surface area contributed by atoms with Gasteiger partial charge in [-0.25, -0.2) is 4.68 Å². The molecule has 0 aliphatic heterocycles. The Balaban J connectivity index is 1.99. The quantitative estimate of drug-likeness (QED) is 0.605. The summed E-state index contributed by atoms with van der Waals surface area (Å²) in [7, 11) is 0. The first kappa shape index (κ1) is 12.2. The Bertz CT molecular complexity index is 533. The van der Waals surface area contributed by atoms with Crippen LogP contribution in [0.15, 0.2) is 22.7 Å². The molecule has 1 N–H and O–H groups in total. The standard InChI is InChI=1S/C10H13N5O3/c1-2-11-5-8-6-14(13-12-8)7-9-3-4-10(18-9)15(16)17/h3-4,6,11H,2,5,7H2,1H3. The van der Waals surface area contributed by atoms with E-state index >= 15 is 0 Å². The van der Waals surface area contributed by atoms with Gasteiger partial charge in [-0.3, -0.25) is 10.1 Å². The van der Waals surface area contributed by atoms with Gasteiger partial charge in [0.15, 0.2) is 0 Å². The molecule has 0 atom stereocenters. The zero-order chi connectivity index (χ0) is 13.0. The van der Waals surface area contributed by atoms with Crippen molar-refractivity contribution >= 4 is 5.88 Å². The molecule has 0 bridgehead atoms. The second-order valence-electron chi connectivity index (χ2n) is 3.68. The summed E-state index contributed by atoms with van der Waals surface area (Å²) in [6.07, 6.45) is 1.77. The van der Waals surface area contributed by atoms with Crippen molar-refractivity contribution in [3.63, 3.8) is 0 Å². The highest BCUT2D eigenvalue weighted by atomic mass is 16.6. The Hall–Kier alpha value is -2.22. The molecule has 0 amide bonds. The summed E-state index contributed by atoms with van der Waals surface area (Å²) in [4.78, 5) is 9.89. The van der Waals surface area contributed by atoms with Crippen LogP contribution in [0.1, 0.15) is 18.4 Å². The van der Waals surface area contributed by atoms with Gasteiger partial charge in [0.2, 0.25) is 0 Å². The first-order valence-electron chi connectivity index (χ1n) is 5.52. The maximum atomic E-state index is 10.5. The molecule has 0 saturated heterocycles. The molecule has 0 unspecified atom stereocenters. The lowest BCUT2D eigenvalue weighted by Crippen LogP contribution is -2.11. The van der Waals surface area contributed by atoms with Crippen LogP contribution in [0, 0.1) is 10.1 Å². The van der Waals surface area contributed by atoms with Crippen LogP contribution < -0.4 is 5.32 Å². The Labute approximate surface area is 103 Å². The Morgan fingerprint density at radius 1 is 1.56 bits per heavy atom. The number of hydrogen-bond donors (Lipinski definition) is 1. The lowest BCUT2D eigenvalue weighted by atomic mass is 10.4. The molecule has 8 nitrogen and oxygen atoms in total. The molecule has 0 aliphatic carbocycles. The fourth-order valence-corrected chi connectivity index (χ4v) is 1.46. The predicted molar refractivity (Wildman–Crippen MR) is 61.9 cm³/mol. The van der Waals surface area contributed by atoms with Gasteiger partial charge in [0.1, 0.15) is 17.2 Å². The van der Waals surface area contributed by atoms with Crippen LogP contribution in [0.5, 0.6) is 0 Å². The molecule has 0 aliphatic rings. The molecule has 0 radical (unpaired) electrons. The molecule has 2 aromatic rings. The number of furan rings is 1. The van der Waals surface area contributed by atoms with E-state index in [-0.39, 0.29) is 5.88 Å². The minimum absolute atomic E-state index is 0.266. The van der Waals surface area contributed by atoms with Crippen LogP contribution in [0.4, 0.5) is 5.88 Å². The molecule has 0 fully saturated rings. The zero-order valence-electron chi connectivity index (χ0n) is 9.87. The number of hydrogen-bond acceptors (Lipinski definition) is 6. The summed E-state index contributed by atoms with van der Waals surface area (Å²) in [6.45, 7) is 3.84. The first-order valence-corrected chi connectivity index (χ1v) is 5.52. The second-order valence-corrected chi connectivity index (χ2v) is 3.68. The van der Waals surface area contributed by atoms with E-state index in [4.69, 9.17) is 4.42 Å². The van der Waals surface area contributed by atoms with E-state index in [0.717, 1.165) is 12.2 Å². The minimum Gasteiger partial charge on any atom is -0.404 e. The largest absolute Gasteiger partial charge is 0.433 e. The van der Waals surface area contributed by atoms with Gasteiger partial charge in [-0.2, -0.15) is 0 Å². The van der Waals surface area contributed by atoms with E-state index < -0.39 is 4.92 Å². The molecule has 0 saturated carbocycles. The van der Waals surface area contributed by atoms with E-state index in [1.807, 2.05) is 6.92 Å². The van der Waals surface area contributed by atoms with Crippen LogP contribution in [-0.2, 0) is 13.1 Å². The van der Waals surface area contributed by atoms with Crippen molar-refractivity contribution < 1.29 is 9.34 Å². The number of nitrogens with zero attached hydrogens (tertiary/aromatic N) is 4. The molecule has 18 heavy (non-hydrogen) atoms. The molecule has 8 heteroatoms. The minimum atomic E-state index is -0.568. The van der Waals surface area contributed by atoms with Crippen molar-refractivity contribution in [1.82, 2.24) is 20.3 Å². The van der Waals surface area contributed by atoms with E-state index in [9.17, 15) is 10.1 Å². The normalized spacial score (nSPS) is 10.7. The van der Waals surface area contributed by atoms with E-state index in [2.05, 4.69) is 15.6 Å². The summed E-state index contributed by atoms with van der Waals surface area (Å²) >= 11 is 0. The van der Waals surface area contributed by atoms with Gasteiger partial charge >= 0.3 is 5.88 Å². The van der Waals surface area contributed by atoms with Crippen molar-refractivity contribution in [3.8, 4) is 0 Å². The first-order chi connectivity index (χ1) is 8.69. The van der Waals surface area contributed by atoms with Crippen LogP contribution in [0.2, 0.25) is 0 Å². The fraction of sp³-hybridized carbons (Fsp3) is 0.400. The summed E-state index contributed by atoms with van der Waals surface area (Å²) in [5.41, 5.74) is 0.818. The third-order valence-corrected chi connectivity index (χ3v) is 2.29. The van der Waals surface area contributed by atoms with Crippen molar-refractivity contribution in [2.75, 3.05) is 6.54 Å². The van der Waals surface area contributed by atoms with Gasteiger partial charge in [-0.1, -0.05) is 12.1 Å². The molecule has 2 rings (SSSR count). The summed E-state index contributed by atoms with van der Waals surface area (Å²) in [6, 6.07) is 2.88. The van der Waals surface area contributed by atoms with Crippen molar-refractivity contribution in [3.05, 3.63) is 39.9 Å². The Morgan fingerprint density at radius 2 is 2.39 bits per heavy atom. The highest BCUT2D eigenvalue weighted by Crippen LogP contribution is 2.16. The van der Waals surface area contributed by atoms with E-state index in [1.54, 1.807) is 16.9 Å². The smallest absolute Gasteiger partial charge is 0.404 e. The highest BCUT2D eigenvalue weighted by molar-refractivity contribution is 5.17. The maximum absolute atomic E-state index is 10.5. The van der Waals surface area contributed by atoms with Crippen molar-refractivity contribution in [1.29, 1.82) is 0 Å². The molecular weight excluding hydrogens is 238 g/mol. The van der Waals surface area contributed by atoms with Gasteiger partial charge in [-0.15, -0.1) is 5.10 Å². The summed E-state index contributed by atoms with van der Waals surface area (Å²) in [5, 5.41) is 21.5. The lowest BCUT2D eigenvalue weighted by molar-refractivity contribution is -0.402. The van der Waals surface area contributed by atoms with Crippen LogP contribution >= 0.6 is 0 Å². The van der Waals surface area contributed by atoms with Gasteiger partial charge in [0.25, 0.3) is 0 Å². The number of nitrogens with one attached hydrogen (secondary N) is 1. The average molecular weight is 251 g/mol. The lowest BCUT2D eigenvalue weighted by Gasteiger charge is -1.95. The maximum Gasteiger partial charge on any atom is 0.433 e. The monoisotopic (exact) mass is 251 g/mol. The molecule has 2 aromatic heterocycles. The number of rotatable bonds is 6. The highest BCUT2D eigenvalue weighted by Gasteiger charge is 2.12. The van der Waals surface area contributed by atoms with E-state index in [1.165, 1.54) is 6.07 Å². The van der Waals surface area contributed by atoms with Gasteiger partial charge < -0.3 is 9.73 Å². The summed E-state index contributed by atoms with van der Waals surface area (Å²) in [5.74, 6) is 0.208. The van der Waals surface area contributed by atoms with E-state index in [0.29, 0.717) is 18.8 Å². The molecule has 96 valence electrons. The molecule has 0 aromatic carbocycles. The van der Waals surface area contributed by atoms with Gasteiger partial charge in [0.05, 0.1) is 18.0 Å². The third kappa shape index (κ3) is 2.92. The fourth-order valence-electron chi connectivity index (χ4n) is 1.46. The molecule has 0 spiro atoms. The van der Waals surface area contributed by atoms with Crippen LogP contribution in [0.25, 0.3) is 0 Å². The molecule has 2 heterocycles. The Kier molecular flexibility index (Phi) is 3.68. The molecular formula is C10H13N5O3. The third-order valence-electron chi connectivity index (χ3n) is 2.29. The summed E-state index contributed by atoms with van der Waals surface area (Å²) < 4.78 is 6.61. The Morgan fingerprint density at radius 3 is 3.06 bits per heavy atom. The second kappa shape index (κ2) is 5.41.